The van der Waals surface area contributed by atoms with Gasteiger partial charge in [-0.3, -0.25) is 9.59 Å². The van der Waals surface area contributed by atoms with Gasteiger partial charge in [-0.2, -0.15) is 0 Å². The minimum atomic E-state index is -0.767. The fourth-order valence-electron chi connectivity index (χ4n) is 2.95. The normalized spacial score (nSPS) is 19.9. The minimum Gasteiger partial charge on any atom is -0.388 e. The van der Waals surface area contributed by atoms with Crippen molar-refractivity contribution < 1.29 is 9.90 Å². The van der Waals surface area contributed by atoms with Crippen LogP contribution in [-0.2, 0) is 12.8 Å². The second kappa shape index (κ2) is 5.05. The van der Waals surface area contributed by atoms with Crippen molar-refractivity contribution in [1.82, 2.24) is 10.3 Å². The smallest absolute Gasteiger partial charge is 0.261 e. The Kier molecular flexibility index (Phi) is 3.38. The van der Waals surface area contributed by atoms with Crippen LogP contribution in [0.15, 0.2) is 10.9 Å². The molecule has 1 aromatic heterocycles. The molecule has 5 nitrogen and oxygen atoms in total. The molecule has 5 heteroatoms. The maximum Gasteiger partial charge on any atom is 0.261 e. The highest BCUT2D eigenvalue weighted by molar-refractivity contribution is 5.94. The number of pyridine rings is 1. The first-order valence-corrected chi connectivity index (χ1v) is 7.33. The summed E-state index contributed by atoms with van der Waals surface area (Å²) in [6.07, 6.45) is 6.40. The van der Waals surface area contributed by atoms with Crippen LogP contribution in [0.5, 0.6) is 0 Å². The Hall–Kier alpha value is -1.62. The van der Waals surface area contributed by atoms with Crippen LogP contribution in [0.4, 0.5) is 0 Å². The highest BCUT2D eigenvalue weighted by Crippen LogP contribution is 2.30. The van der Waals surface area contributed by atoms with Crippen LogP contribution in [-0.4, -0.2) is 28.1 Å². The number of nitrogens with one attached hydrogen (secondary N) is 2. The summed E-state index contributed by atoms with van der Waals surface area (Å²) < 4.78 is 0. The molecule has 3 rings (SSSR count). The van der Waals surface area contributed by atoms with Gasteiger partial charge < -0.3 is 15.4 Å². The van der Waals surface area contributed by atoms with E-state index in [-0.39, 0.29) is 23.6 Å². The van der Waals surface area contributed by atoms with Gasteiger partial charge in [-0.05, 0) is 56.6 Å². The Morgan fingerprint density at radius 2 is 2.05 bits per heavy atom. The molecule has 0 spiro atoms. The van der Waals surface area contributed by atoms with Gasteiger partial charge in [0.05, 0.1) is 5.60 Å². The second-order valence-corrected chi connectivity index (χ2v) is 5.98. The SMILES string of the molecule is O=C(NCC1(O)CCC1)c1cc2c([nH]c1=O)CCCC2. The second-order valence-electron chi connectivity index (χ2n) is 5.98. The summed E-state index contributed by atoms with van der Waals surface area (Å²) in [4.78, 5) is 26.9. The van der Waals surface area contributed by atoms with Crippen molar-refractivity contribution in [3.8, 4) is 0 Å². The third-order valence-corrected chi connectivity index (χ3v) is 4.45. The lowest BCUT2D eigenvalue weighted by molar-refractivity contribution is -0.0300. The zero-order valence-electron chi connectivity index (χ0n) is 11.5. The van der Waals surface area contributed by atoms with Gasteiger partial charge in [0.1, 0.15) is 5.56 Å². The van der Waals surface area contributed by atoms with Crippen LogP contribution in [0.2, 0.25) is 0 Å². The highest BCUT2D eigenvalue weighted by Gasteiger charge is 2.34. The van der Waals surface area contributed by atoms with Crippen molar-refractivity contribution in [2.45, 2.75) is 50.5 Å². The summed E-state index contributed by atoms with van der Waals surface area (Å²) in [6.45, 7) is 0.225. The zero-order valence-corrected chi connectivity index (χ0v) is 11.5. The first kappa shape index (κ1) is 13.4. The first-order chi connectivity index (χ1) is 9.57. The Bertz CT molecular complexity index is 587. The van der Waals surface area contributed by atoms with E-state index >= 15 is 0 Å². The Balaban J connectivity index is 1.75. The molecule has 1 aromatic rings. The molecule has 2 aliphatic rings. The van der Waals surface area contributed by atoms with E-state index in [1.54, 1.807) is 6.07 Å². The third-order valence-electron chi connectivity index (χ3n) is 4.45. The fourth-order valence-corrected chi connectivity index (χ4v) is 2.95. The van der Waals surface area contributed by atoms with Crippen LogP contribution >= 0.6 is 0 Å². The van der Waals surface area contributed by atoms with Crippen molar-refractivity contribution in [3.05, 3.63) is 33.2 Å². The predicted molar refractivity (Wildman–Crippen MR) is 74.8 cm³/mol. The van der Waals surface area contributed by atoms with Gasteiger partial charge in [-0.15, -0.1) is 0 Å². The monoisotopic (exact) mass is 276 g/mol. The standard InChI is InChI=1S/C15H20N2O3/c18-13(16-9-15(20)6-3-7-15)11-8-10-4-1-2-5-12(10)17-14(11)19/h8,20H,1-7,9H2,(H,16,18)(H,17,19). The summed E-state index contributed by atoms with van der Waals surface area (Å²) in [5, 5.41) is 12.6. The third kappa shape index (κ3) is 2.50. The molecule has 1 heterocycles. The molecule has 108 valence electrons. The molecule has 0 aromatic carbocycles. The van der Waals surface area contributed by atoms with E-state index in [1.807, 2.05) is 0 Å². The first-order valence-electron chi connectivity index (χ1n) is 7.33. The molecule has 0 bridgehead atoms. The molecule has 3 N–H and O–H groups in total. The lowest BCUT2D eigenvalue weighted by Gasteiger charge is -2.36. The minimum absolute atomic E-state index is 0.161. The molecule has 20 heavy (non-hydrogen) atoms. The lowest BCUT2D eigenvalue weighted by atomic mass is 9.80. The fraction of sp³-hybridized carbons (Fsp3) is 0.600. The molecule has 0 saturated heterocycles. The number of aliphatic hydroxyl groups is 1. The Morgan fingerprint density at radius 3 is 2.75 bits per heavy atom. The zero-order chi connectivity index (χ0) is 14.2. The summed E-state index contributed by atoms with van der Waals surface area (Å²) in [5.41, 5.74) is 1.10. The molecule has 1 fully saturated rings. The maximum absolute atomic E-state index is 12.1. The van der Waals surface area contributed by atoms with Crippen LogP contribution < -0.4 is 10.9 Å². The maximum atomic E-state index is 12.1. The predicted octanol–water partition coefficient (Wildman–Crippen LogP) is 0.898. The van der Waals surface area contributed by atoms with Crippen molar-refractivity contribution in [3.63, 3.8) is 0 Å². The molecule has 0 aliphatic heterocycles. The molecule has 0 unspecified atom stereocenters. The number of carbonyl (C=O) groups excluding carboxylic acids is 1. The van der Waals surface area contributed by atoms with Gasteiger partial charge in [-0.25, -0.2) is 0 Å². The molecular formula is C15H20N2O3. The summed E-state index contributed by atoms with van der Waals surface area (Å²) in [5.74, 6) is -0.389. The van der Waals surface area contributed by atoms with E-state index < -0.39 is 5.60 Å². The Labute approximate surface area is 117 Å². The average Bonchev–Trinajstić information content (AvgIpc) is 2.42. The average molecular weight is 276 g/mol. The molecule has 0 radical (unpaired) electrons. The van der Waals surface area contributed by atoms with Gasteiger partial charge in [0, 0.05) is 12.2 Å². The summed E-state index contributed by atoms with van der Waals surface area (Å²) >= 11 is 0. The van der Waals surface area contributed by atoms with Crippen LogP contribution in [0.25, 0.3) is 0 Å². The van der Waals surface area contributed by atoms with Gasteiger partial charge in [0.2, 0.25) is 0 Å². The number of hydrogen-bond acceptors (Lipinski definition) is 3. The van der Waals surface area contributed by atoms with E-state index in [2.05, 4.69) is 10.3 Å². The van der Waals surface area contributed by atoms with Crippen LogP contribution in [0.1, 0.15) is 53.7 Å². The van der Waals surface area contributed by atoms with Gasteiger partial charge in [0.25, 0.3) is 11.5 Å². The number of H-pyrrole nitrogens is 1. The van der Waals surface area contributed by atoms with Crippen molar-refractivity contribution >= 4 is 5.91 Å². The number of hydrogen-bond donors (Lipinski definition) is 3. The number of carbonyl (C=O) groups is 1. The number of aromatic nitrogens is 1. The molecular weight excluding hydrogens is 256 g/mol. The largest absolute Gasteiger partial charge is 0.388 e. The summed E-state index contributed by atoms with van der Waals surface area (Å²) in [7, 11) is 0. The molecule has 0 atom stereocenters. The molecule has 2 aliphatic carbocycles. The van der Waals surface area contributed by atoms with Gasteiger partial charge >= 0.3 is 0 Å². The van der Waals surface area contributed by atoms with Crippen molar-refractivity contribution in [2.75, 3.05) is 6.54 Å². The van der Waals surface area contributed by atoms with Gasteiger partial charge in [-0.1, -0.05) is 0 Å². The Morgan fingerprint density at radius 1 is 1.30 bits per heavy atom. The van der Waals surface area contributed by atoms with E-state index in [4.69, 9.17) is 0 Å². The number of aromatic amines is 1. The van der Waals surface area contributed by atoms with E-state index in [1.165, 1.54) is 0 Å². The lowest BCUT2D eigenvalue weighted by Crippen LogP contribution is -2.48. The topological polar surface area (TPSA) is 82.2 Å². The van der Waals surface area contributed by atoms with E-state index in [0.29, 0.717) is 12.8 Å². The van der Waals surface area contributed by atoms with Crippen LogP contribution in [0.3, 0.4) is 0 Å². The molecule has 1 saturated carbocycles. The van der Waals surface area contributed by atoms with Crippen molar-refractivity contribution in [1.29, 1.82) is 0 Å². The highest BCUT2D eigenvalue weighted by atomic mass is 16.3. The number of amides is 1. The number of aryl methyl sites for hydroxylation is 2. The number of fused-ring (bicyclic) bond motifs is 1. The summed E-state index contributed by atoms with van der Waals surface area (Å²) in [6, 6.07) is 1.72. The molecule has 1 amide bonds. The van der Waals surface area contributed by atoms with Gasteiger partial charge in [0.15, 0.2) is 0 Å². The van der Waals surface area contributed by atoms with Crippen molar-refractivity contribution in [2.24, 2.45) is 0 Å². The van der Waals surface area contributed by atoms with E-state index in [0.717, 1.165) is 43.4 Å². The quantitative estimate of drug-likeness (QED) is 0.767. The number of rotatable bonds is 3. The van der Waals surface area contributed by atoms with E-state index in [9.17, 15) is 14.7 Å². The van der Waals surface area contributed by atoms with Crippen LogP contribution in [0, 0.1) is 0 Å².